The first kappa shape index (κ1) is 14.0. The van der Waals surface area contributed by atoms with Gasteiger partial charge in [0.15, 0.2) is 23.1 Å². The summed E-state index contributed by atoms with van der Waals surface area (Å²) in [5.41, 5.74) is -0.863. The van der Waals surface area contributed by atoms with Crippen LogP contribution in [0.15, 0.2) is 0 Å². The first-order chi connectivity index (χ1) is 7.37. The van der Waals surface area contributed by atoms with Crippen LogP contribution in [0, 0.1) is 5.82 Å². The first-order valence-electron chi connectivity index (χ1n) is 4.54. The van der Waals surface area contributed by atoms with Gasteiger partial charge < -0.3 is 20.4 Å². The van der Waals surface area contributed by atoms with Gasteiger partial charge in [0.2, 0.25) is 11.5 Å². The normalized spacial score (nSPS) is 9.25. The minimum atomic E-state index is -1.47. The van der Waals surface area contributed by atoms with Crippen LogP contribution in [0.4, 0.5) is 4.39 Å². The maximum absolute atomic E-state index is 13.1. The van der Waals surface area contributed by atoms with Gasteiger partial charge in [-0.1, -0.05) is 13.8 Å². The quantitative estimate of drug-likeness (QED) is 0.336. The van der Waals surface area contributed by atoms with Crippen molar-refractivity contribution in [2.45, 2.75) is 20.8 Å². The van der Waals surface area contributed by atoms with Crippen molar-refractivity contribution in [1.82, 2.24) is 0 Å². The van der Waals surface area contributed by atoms with Gasteiger partial charge in [0, 0.05) is 0 Å². The van der Waals surface area contributed by atoms with Crippen LogP contribution < -0.4 is 0 Å². The molecule has 0 radical (unpaired) electrons. The molecule has 0 atom stereocenters. The lowest BCUT2D eigenvalue weighted by molar-refractivity contribution is 0.100. The fraction of sp³-hybridized carbons (Fsp3) is 0.300. The molecule has 90 valence electrons. The van der Waals surface area contributed by atoms with Crippen molar-refractivity contribution in [3.05, 3.63) is 11.4 Å². The number of phenols is 4. The average Bonchev–Trinajstić information content (AvgIpc) is 2.26. The van der Waals surface area contributed by atoms with E-state index in [1.54, 1.807) is 0 Å². The predicted octanol–water partition coefficient (Wildman–Crippen LogP) is 1.88. The van der Waals surface area contributed by atoms with Crippen molar-refractivity contribution in [1.29, 1.82) is 0 Å². The number of rotatable bonds is 1. The lowest BCUT2D eigenvalue weighted by atomic mass is 10.1. The Morgan fingerprint density at radius 3 is 1.69 bits per heavy atom. The van der Waals surface area contributed by atoms with E-state index in [2.05, 4.69) is 0 Å². The summed E-state index contributed by atoms with van der Waals surface area (Å²) in [4.78, 5) is 10.8. The highest BCUT2D eigenvalue weighted by molar-refractivity contribution is 5.99. The molecule has 0 aliphatic heterocycles. The van der Waals surface area contributed by atoms with E-state index < -0.39 is 40.2 Å². The van der Waals surface area contributed by atoms with E-state index in [-0.39, 0.29) is 0 Å². The maximum Gasteiger partial charge on any atom is 0.207 e. The molecular weight excluding hydrogens is 219 g/mol. The third-order valence-electron chi connectivity index (χ3n) is 1.69. The summed E-state index contributed by atoms with van der Waals surface area (Å²) in [6.07, 6.45) is 0. The van der Waals surface area contributed by atoms with Gasteiger partial charge in [-0.2, -0.15) is 0 Å². The average molecular weight is 232 g/mol. The molecule has 0 aliphatic carbocycles. The summed E-state index contributed by atoms with van der Waals surface area (Å²) in [5, 5.41) is 35.8. The van der Waals surface area contributed by atoms with Crippen LogP contribution in [-0.4, -0.2) is 26.2 Å². The van der Waals surface area contributed by atoms with Crippen LogP contribution in [-0.2, 0) is 0 Å². The van der Waals surface area contributed by atoms with Crippen molar-refractivity contribution < 1.29 is 29.6 Å². The van der Waals surface area contributed by atoms with E-state index in [9.17, 15) is 9.18 Å². The number of aromatic hydroxyl groups is 4. The van der Waals surface area contributed by atoms with E-state index in [1.165, 1.54) is 0 Å². The monoisotopic (exact) mass is 232 g/mol. The second-order valence-electron chi connectivity index (χ2n) is 2.64. The molecule has 4 N–H and O–H groups in total. The van der Waals surface area contributed by atoms with Gasteiger partial charge >= 0.3 is 0 Å². The highest BCUT2D eigenvalue weighted by Gasteiger charge is 2.25. The zero-order chi connectivity index (χ0) is 13.0. The van der Waals surface area contributed by atoms with E-state index in [0.29, 0.717) is 0 Å². The van der Waals surface area contributed by atoms with E-state index in [4.69, 9.17) is 20.4 Å². The first-order valence-corrected chi connectivity index (χ1v) is 4.54. The van der Waals surface area contributed by atoms with E-state index >= 15 is 0 Å². The molecule has 0 unspecified atom stereocenters. The van der Waals surface area contributed by atoms with E-state index in [0.717, 1.165) is 6.92 Å². The summed E-state index contributed by atoms with van der Waals surface area (Å²) in [7, 11) is 0. The molecule has 0 aliphatic rings. The van der Waals surface area contributed by atoms with Gasteiger partial charge in [0.25, 0.3) is 0 Å². The highest BCUT2D eigenvalue weighted by Crippen LogP contribution is 2.46. The molecular formula is C10H13FO5. The van der Waals surface area contributed by atoms with Crippen LogP contribution >= 0.6 is 0 Å². The number of hydrogen-bond donors (Lipinski definition) is 4. The van der Waals surface area contributed by atoms with Crippen molar-refractivity contribution in [3.63, 3.8) is 0 Å². The number of ketones is 1. The topological polar surface area (TPSA) is 98.0 Å². The zero-order valence-corrected chi connectivity index (χ0v) is 9.08. The third kappa shape index (κ3) is 2.16. The lowest BCUT2D eigenvalue weighted by Crippen LogP contribution is -1.98. The number of benzene rings is 1. The lowest BCUT2D eigenvalue weighted by Gasteiger charge is -2.08. The minimum absolute atomic E-state index is 0.863. The molecule has 0 saturated carbocycles. The second-order valence-corrected chi connectivity index (χ2v) is 2.64. The summed E-state index contributed by atoms with van der Waals surface area (Å²) in [6.45, 7) is 4.94. The number of carbonyl (C=O) groups excluding carboxylic acids is 1. The van der Waals surface area contributed by atoms with Crippen LogP contribution in [0.1, 0.15) is 31.1 Å². The standard InChI is InChI=1S/C8H7FO5.C2H6/c1-2(10)3-4(9)6(12)8(14)7(13)5(3)11;1-2/h11-14H,1H3;1-2H3. The zero-order valence-electron chi connectivity index (χ0n) is 9.08. The molecule has 0 bridgehead atoms. The largest absolute Gasteiger partial charge is 0.504 e. The Balaban J connectivity index is 0.00000106. The number of carbonyl (C=O) groups is 1. The van der Waals surface area contributed by atoms with Crippen molar-refractivity contribution >= 4 is 5.78 Å². The molecule has 0 fully saturated rings. The summed E-state index contributed by atoms with van der Waals surface area (Å²) in [5.74, 6) is -7.05. The SMILES string of the molecule is CC.CC(=O)c1c(O)c(O)c(O)c(O)c1F. The molecule has 0 heterocycles. The Labute approximate surface area is 91.4 Å². The third-order valence-corrected chi connectivity index (χ3v) is 1.69. The fourth-order valence-electron chi connectivity index (χ4n) is 0.990. The van der Waals surface area contributed by atoms with Gasteiger partial charge in [-0.05, 0) is 6.92 Å². The molecule has 0 amide bonds. The van der Waals surface area contributed by atoms with Gasteiger partial charge in [-0.15, -0.1) is 0 Å². The van der Waals surface area contributed by atoms with E-state index in [1.807, 2.05) is 13.8 Å². The van der Waals surface area contributed by atoms with Crippen LogP contribution in [0.3, 0.4) is 0 Å². The van der Waals surface area contributed by atoms with Gasteiger partial charge in [-0.3, -0.25) is 4.79 Å². The second kappa shape index (κ2) is 5.20. The Bertz CT molecular complexity index is 385. The smallest absolute Gasteiger partial charge is 0.207 e. The number of hydrogen-bond acceptors (Lipinski definition) is 5. The summed E-state index contributed by atoms with van der Waals surface area (Å²) in [6, 6.07) is 0. The van der Waals surface area contributed by atoms with Crippen LogP contribution in [0.2, 0.25) is 0 Å². The van der Waals surface area contributed by atoms with Crippen LogP contribution in [0.25, 0.3) is 0 Å². The minimum Gasteiger partial charge on any atom is -0.504 e. The molecule has 16 heavy (non-hydrogen) atoms. The molecule has 1 aromatic rings. The molecule has 5 nitrogen and oxygen atoms in total. The maximum atomic E-state index is 13.1. The van der Waals surface area contributed by atoms with Crippen molar-refractivity contribution in [2.24, 2.45) is 0 Å². The van der Waals surface area contributed by atoms with Crippen LogP contribution in [0.5, 0.6) is 23.0 Å². The summed E-state index contributed by atoms with van der Waals surface area (Å²) < 4.78 is 13.1. The summed E-state index contributed by atoms with van der Waals surface area (Å²) >= 11 is 0. The molecule has 1 aromatic carbocycles. The fourth-order valence-corrected chi connectivity index (χ4v) is 0.990. The van der Waals surface area contributed by atoms with Crippen molar-refractivity contribution in [2.75, 3.05) is 0 Å². The Kier molecular flexibility index (Phi) is 4.56. The Hall–Kier alpha value is -1.98. The Morgan fingerprint density at radius 2 is 1.31 bits per heavy atom. The molecule has 0 aromatic heterocycles. The Morgan fingerprint density at radius 1 is 0.938 bits per heavy atom. The van der Waals surface area contributed by atoms with Crippen molar-refractivity contribution in [3.8, 4) is 23.0 Å². The number of Topliss-reactive ketones (excluding diaryl/α,β-unsaturated/α-hetero) is 1. The van der Waals surface area contributed by atoms with Gasteiger partial charge in [0.1, 0.15) is 5.56 Å². The molecule has 0 saturated heterocycles. The number of halogens is 1. The number of phenolic OH excluding ortho intramolecular Hbond substituents is 4. The molecule has 6 heteroatoms. The predicted molar refractivity (Wildman–Crippen MR) is 54.4 cm³/mol. The molecule has 1 rings (SSSR count). The molecule has 0 spiro atoms. The highest BCUT2D eigenvalue weighted by atomic mass is 19.1. The van der Waals surface area contributed by atoms with Gasteiger partial charge in [0.05, 0.1) is 0 Å². The van der Waals surface area contributed by atoms with Gasteiger partial charge in [-0.25, -0.2) is 4.39 Å².